The van der Waals surface area contributed by atoms with Crippen LogP contribution in [-0.2, 0) is 4.79 Å². The SMILES string of the molecule is C[N+](C)(C)CCCNC(=O)CSCCC(F)(F)C(F)(F)C(F)(F)C(F)(F)F. The minimum absolute atomic E-state index is 0.293. The standard InChI is InChI=1S/C14H21F9N2OS/c1-25(2,3)7-4-6-24-10(26)9-27-8-5-11(15,16)12(17,18)13(19,20)14(21,22)23/h4-9H2,1-3H3/p+1. The Labute approximate surface area is 155 Å². The molecule has 1 amide bonds. The highest BCUT2D eigenvalue weighted by molar-refractivity contribution is 7.99. The number of hydrogen-bond acceptors (Lipinski definition) is 2. The molecule has 0 rings (SSSR count). The molecule has 162 valence electrons. The van der Waals surface area contributed by atoms with Crippen molar-refractivity contribution in [3.05, 3.63) is 0 Å². The zero-order chi connectivity index (χ0) is 21.7. The zero-order valence-electron chi connectivity index (χ0n) is 14.9. The van der Waals surface area contributed by atoms with Crippen LogP contribution in [0.5, 0.6) is 0 Å². The molecule has 0 bridgehead atoms. The number of carbonyl (C=O) groups is 1. The van der Waals surface area contributed by atoms with Gasteiger partial charge in [-0.05, 0) is 5.75 Å². The Morgan fingerprint density at radius 3 is 1.89 bits per heavy atom. The van der Waals surface area contributed by atoms with Gasteiger partial charge in [-0.15, -0.1) is 0 Å². The van der Waals surface area contributed by atoms with Crippen LogP contribution in [0.4, 0.5) is 39.5 Å². The third-order valence-corrected chi connectivity index (χ3v) is 4.29. The predicted octanol–water partition coefficient (Wildman–Crippen LogP) is 3.79. The Balaban J connectivity index is 4.41. The lowest BCUT2D eigenvalue weighted by molar-refractivity contribution is -0.870. The highest BCUT2D eigenvalue weighted by Gasteiger charge is 2.81. The van der Waals surface area contributed by atoms with Crippen molar-refractivity contribution >= 4 is 17.7 Å². The van der Waals surface area contributed by atoms with E-state index in [1.54, 1.807) is 0 Å². The summed E-state index contributed by atoms with van der Waals surface area (Å²) < 4.78 is 114. The van der Waals surface area contributed by atoms with Crippen molar-refractivity contribution in [2.24, 2.45) is 0 Å². The third-order valence-electron chi connectivity index (χ3n) is 3.33. The fourth-order valence-corrected chi connectivity index (χ4v) is 2.59. The maximum atomic E-state index is 13.3. The zero-order valence-corrected chi connectivity index (χ0v) is 15.7. The van der Waals surface area contributed by atoms with Gasteiger partial charge in [-0.2, -0.15) is 51.3 Å². The Bertz CT molecular complexity index is 490. The molecular weight excluding hydrogens is 415 g/mol. The molecule has 0 aromatic carbocycles. The summed E-state index contributed by atoms with van der Waals surface area (Å²) in [5.41, 5.74) is 0. The molecule has 0 aromatic rings. The largest absolute Gasteiger partial charge is 0.460 e. The van der Waals surface area contributed by atoms with Crippen LogP contribution in [-0.4, -0.2) is 80.1 Å². The van der Waals surface area contributed by atoms with Gasteiger partial charge in [-0.1, -0.05) is 0 Å². The van der Waals surface area contributed by atoms with E-state index in [1.807, 2.05) is 21.1 Å². The maximum absolute atomic E-state index is 13.3. The van der Waals surface area contributed by atoms with Crippen molar-refractivity contribution in [1.82, 2.24) is 5.32 Å². The van der Waals surface area contributed by atoms with E-state index in [4.69, 9.17) is 0 Å². The fourth-order valence-electron chi connectivity index (χ4n) is 1.76. The summed E-state index contributed by atoms with van der Waals surface area (Å²) in [6, 6.07) is 0. The van der Waals surface area contributed by atoms with Crippen molar-refractivity contribution in [3.8, 4) is 0 Å². The minimum Gasteiger partial charge on any atom is -0.355 e. The Kier molecular flexibility index (Phi) is 8.81. The molecule has 13 heteroatoms. The van der Waals surface area contributed by atoms with Crippen LogP contribution >= 0.6 is 11.8 Å². The molecule has 27 heavy (non-hydrogen) atoms. The lowest BCUT2D eigenvalue weighted by Crippen LogP contribution is -2.60. The Morgan fingerprint density at radius 1 is 0.926 bits per heavy atom. The normalized spacial score (nSPS) is 14.4. The van der Waals surface area contributed by atoms with E-state index in [1.165, 1.54) is 0 Å². The quantitative estimate of drug-likeness (QED) is 0.303. The van der Waals surface area contributed by atoms with Gasteiger partial charge in [0.05, 0.1) is 33.4 Å². The molecule has 0 unspecified atom stereocenters. The van der Waals surface area contributed by atoms with E-state index in [0.717, 1.165) is 6.54 Å². The molecule has 0 aromatic heterocycles. The topological polar surface area (TPSA) is 29.1 Å². The molecule has 0 radical (unpaired) electrons. The molecule has 0 aliphatic carbocycles. The first-order valence-corrected chi connectivity index (χ1v) is 8.86. The minimum atomic E-state index is -6.88. The predicted molar refractivity (Wildman–Crippen MR) is 83.4 cm³/mol. The second-order valence-corrected chi connectivity index (χ2v) is 7.98. The Hall–Kier alpha value is -0.850. The molecule has 3 nitrogen and oxygen atoms in total. The van der Waals surface area contributed by atoms with Gasteiger partial charge in [0, 0.05) is 19.4 Å². The van der Waals surface area contributed by atoms with Crippen LogP contribution in [0.15, 0.2) is 0 Å². The average Bonchev–Trinajstić information content (AvgIpc) is 2.45. The smallest absolute Gasteiger partial charge is 0.355 e. The second kappa shape index (κ2) is 9.10. The van der Waals surface area contributed by atoms with Crippen LogP contribution in [0, 0.1) is 0 Å². The summed E-state index contributed by atoms with van der Waals surface area (Å²) in [5.74, 6) is -21.0. The van der Waals surface area contributed by atoms with Crippen LogP contribution in [0.1, 0.15) is 12.8 Å². The van der Waals surface area contributed by atoms with Gasteiger partial charge < -0.3 is 9.80 Å². The number of quaternary nitrogens is 1. The molecule has 0 aliphatic rings. The van der Waals surface area contributed by atoms with Crippen LogP contribution in [0.2, 0.25) is 0 Å². The number of hydrogen-bond donors (Lipinski definition) is 1. The number of nitrogens with zero attached hydrogens (tertiary/aromatic N) is 1. The lowest BCUT2D eigenvalue weighted by atomic mass is 10.0. The highest BCUT2D eigenvalue weighted by Crippen LogP contribution is 2.54. The number of amides is 1. The van der Waals surface area contributed by atoms with Gasteiger partial charge in [0.25, 0.3) is 0 Å². The van der Waals surface area contributed by atoms with E-state index >= 15 is 0 Å². The molecule has 1 N–H and O–H groups in total. The van der Waals surface area contributed by atoms with Crippen molar-refractivity contribution in [3.63, 3.8) is 0 Å². The molecule has 0 heterocycles. The van der Waals surface area contributed by atoms with E-state index in [-0.39, 0.29) is 0 Å². The molecule has 0 aliphatic heterocycles. The molecule has 0 spiro atoms. The summed E-state index contributed by atoms with van der Waals surface area (Å²) in [7, 11) is 5.78. The first kappa shape index (κ1) is 26.1. The first-order valence-electron chi connectivity index (χ1n) is 7.70. The van der Waals surface area contributed by atoms with Gasteiger partial charge in [-0.3, -0.25) is 4.79 Å². The number of rotatable bonds is 11. The van der Waals surface area contributed by atoms with Gasteiger partial charge in [0.15, 0.2) is 0 Å². The first-order chi connectivity index (χ1) is 11.9. The van der Waals surface area contributed by atoms with Crippen LogP contribution in [0.3, 0.4) is 0 Å². The number of nitrogens with one attached hydrogen (secondary N) is 1. The highest BCUT2D eigenvalue weighted by atomic mass is 32.2. The van der Waals surface area contributed by atoms with Gasteiger partial charge in [-0.25, -0.2) is 0 Å². The van der Waals surface area contributed by atoms with E-state index < -0.39 is 47.8 Å². The van der Waals surface area contributed by atoms with E-state index in [2.05, 4.69) is 5.32 Å². The lowest BCUT2D eigenvalue weighted by Gasteiger charge is -2.33. The van der Waals surface area contributed by atoms with E-state index in [0.29, 0.717) is 29.2 Å². The van der Waals surface area contributed by atoms with Crippen molar-refractivity contribution in [2.45, 2.75) is 36.8 Å². The molecule has 0 atom stereocenters. The van der Waals surface area contributed by atoms with Crippen molar-refractivity contribution in [1.29, 1.82) is 0 Å². The Morgan fingerprint density at radius 2 is 1.44 bits per heavy atom. The molecular formula is C14H22F9N2OS+. The van der Waals surface area contributed by atoms with Gasteiger partial charge in [0.2, 0.25) is 5.91 Å². The number of halogens is 9. The summed E-state index contributed by atoms with van der Waals surface area (Å²) >= 11 is 0.431. The number of thioether (sulfide) groups is 1. The molecule has 0 saturated heterocycles. The number of alkyl halides is 9. The summed E-state index contributed by atoms with van der Waals surface area (Å²) in [6.45, 7) is 1.03. The number of carbonyl (C=O) groups excluding carboxylic acids is 1. The summed E-state index contributed by atoms with van der Waals surface area (Å²) in [5, 5.41) is 2.45. The summed E-state index contributed by atoms with van der Waals surface area (Å²) in [6.07, 6.45) is -8.14. The molecule has 0 fully saturated rings. The van der Waals surface area contributed by atoms with Crippen LogP contribution in [0.25, 0.3) is 0 Å². The average molecular weight is 437 g/mol. The maximum Gasteiger partial charge on any atom is 0.460 e. The molecule has 0 saturated carbocycles. The fraction of sp³-hybridized carbons (Fsp3) is 0.929. The van der Waals surface area contributed by atoms with Gasteiger partial charge in [0.1, 0.15) is 0 Å². The van der Waals surface area contributed by atoms with Crippen molar-refractivity contribution in [2.75, 3.05) is 45.7 Å². The summed E-state index contributed by atoms with van der Waals surface area (Å²) in [4.78, 5) is 11.4. The van der Waals surface area contributed by atoms with Crippen molar-refractivity contribution < 1.29 is 48.8 Å². The van der Waals surface area contributed by atoms with E-state index in [9.17, 15) is 44.3 Å². The van der Waals surface area contributed by atoms with Crippen LogP contribution < -0.4 is 5.32 Å². The van der Waals surface area contributed by atoms with Gasteiger partial charge >= 0.3 is 23.9 Å². The third kappa shape index (κ3) is 7.59. The second-order valence-electron chi connectivity index (χ2n) is 6.87. The monoisotopic (exact) mass is 437 g/mol.